The second-order valence-electron chi connectivity index (χ2n) is 6.73. The van der Waals surface area contributed by atoms with Gasteiger partial charge in [0.25, 0.3) is 0 Å². The van der Waals surface area contributed by atoms with Gasteiger partial charge in [-0.15, -0.1) is 0 Å². The molecule has 0 amide bonds. The Labute approximate surface area is 157 Å². The van der Waals surface area contributed by atoms with Crippen LogP contribution in [0, 0.1) is 10.6 Å². The molecule has 4 rings (SSSR count). The number of nitrogens with one attached hydrogen (secondary N) is 1. The molecule has 6 heteroatoms. The van der Waals surface area contributed by atoms with Crippen LogP contribution >= 0.6 is 12.2 Å². The molecule has 2 aromatic carbocycles. The Morgan fingerprint density at radius 3 is 2.58 bits per heavy atom. The van der Waals surface area contributed by atoms with E-state index in [1.165, 1.54) is 6.07 Å². The Balaban J connectivity index is 1.61. The summed E-state index contributed by atoms with van der Waals surface area (Å²) in [4.78, 5) is 6.78. The Hall–Kier alpha value is -2.31. The minimum Gasteiger partial charge on any atom is -0.278 e. The lowest BCUT2D eigenvalue weighted by atomic mass is 10.1. The first-order valence-corrected chi connectivity index (χ1v) is 9.27. The van der Waals surface area contributed by atoms with Crippen LogP contribution in [0.25, 0.3) is 11.4 Å². The molecule has 0 radical (unpaired) electrons. The largest absolute Gasteiger partial charge is 0.278 e. The smallest absolute Gasteiger partial charge is 0.217 e. The SMILES string of the molecule is CC(c1ccccc1F)N(Cn1[nH]c(-c2ccccc2)nc1=S)C1CC1. The van der Waals surface area contributed by atoms with Crippen molar-refractivity contribution < 1.29 is 4.39 Å². The third-order valence-electron chi connectivity index (χ3n) is 4.90. The lowest BCUT2D eigenvalue weighted by molar-refractivity contribution is 0.140. The van der Waals surface area contributed by atoms with Crippen LogP contribution in [0.15, 0.2) is 54.6 Å². The van der Waals surface area contributed by atoms with Gasteiger partial charge in [0.05, 0.1) is 6.67 Å². The van der Waals surface area contributed by atoms with E-state index in [4.69, 9.17) is 12.2 Å². The van der Waals surface area contributed by atoms with Crippen molar-refractivity contribution >= 4 is 12.2 Å². The van der Waals surface area contributed by atoms with E-state index in [2.05, 4.69) is 21.9 Å². The number of hydrogen-bond acceptors (Lipinski definition) is 3. The van der Waals surface area contributed by atoms with Gasteiger partial charge in [-0.1, -0.05) is 48.5 Å². The maximum atomic E-state index is 14.3. The average Bonchev–Trinajstić information content (AvgIpc) is 3.43. The molecule has 0 saturated heterocycles. The van der Waals surface area contributed by atoms with Gasteiger partial charge in [0, 0.05) is 23.2 Å². The van der Waals surface area contributed by atoms with Crippen LogP contribution in [0.5, 0.6) is 0 Å². The summed E-state index contributed by atoms with van der Waals surface area (Å²) in [6.45, 7) is 2.62. The predicted octanol–water partition coefficient (Wildman–Crippen LogP) is 4.93. The van der Waals surface area contributed by atoms with Crippen molar-refractivity contribution in [2.24, 2.45) is 0 Å². The second kappa shape index (κ2) is 7.13. The number of aromatic nitrogens is 3. The normalized spacial score (nSPS) is 15.3. The van der Waals surface area contributed by atoms with E-state index >= 15 is 0 Å². The molecule has 4 nitrogen and oxygen atoms in total. The molecule has 1 fully saturated rings. The highest BCUT2D eigenvalue weighted by atomic mass is 32.1. The lowest BCUT2D eigenvalue weighted by Crippen LogP contribution is -2.32. The Morgan fingerprint density at radius 1 is 1.19 bits per heavy atom. The van der Waals surface area contributed by atoms with Gasteiger partial charge in [-0.3, -0.25) is 10.00 Å². The van der Waals surface area contributed by atoms with Gasteiger partial charge < -0.3 is 0 Å². The fraction of sp³-hybridized carbons (Fsp3) is 0.300. The van der Waals surface area contributed by atoms with Crippen LogP contribution in [0.2, 0.25) is 0 Å². The molecule has 1 unspecified atom stereocenters. The van der Waals surface area contributed by atoms with Crippen molar-refractivity contribution in [3.05, 3.63) is 70.7 Å². The molecule has 1 aliphatic rings. The summed E-state index contributed by atoms with van der Waals surface area (Å²) in [6, 6.07) is 17.3. The summed E-state index contributed by atoms with van der Waals surface area (Å²) >= 11 is 5.45. The molecule has 0 spiro atoms. The summed E-state index contributed by atoms with van der Waals surface area (Å²) < 4.78 is 16.6. The van der Waals surface area contributed by atoms with Crippen molar-refractivity contribution in [2.75, 3.05) is 0 Å². The highest BCUT2D eigenvalue weighted by molar-refractivity contribution is 7.71. The fourth-order valence-corrected chi connectivity index (χ4v) is 3.49. The number of rotatable bonds is 6. The lowest BCUT2D eigenvalue weighted by Gasteiger charge is -2.29. The number of H-pyrrole nitrogens is 1. The molecular weight excluding hydrogens is 347 g/mol. The quantitative estimate of drug-likeness (QED) is 0.627. The Kier molecular flexibility index (Phi) is 4.70. The molecule has 0 aliphatic heterocycles. The maximum absolute atomic E-state index is 14.3. The summed E-state index contributed by atoms with van der Waals surface area (Å²) in [7, 11) is 0. The standard InChI is InChI=1S/C20H21FN4S/c1-14(17-9-5-6-10-18(17)21)24(16-11-12-16)13-25-20(26)22-19(23-25)15-7-3-2-4-8-15/h2-10,14,16H,11-13H2,1H3,(H,22,23,26). The van der Waals surface area contributed by atoms with Gasteiger partial charge in [-0.25, -0.2) is 9.07 Å². The predicted molar refractivity (Wildman–Crippen MR) is 103 cm³/mol. The first kappa shape index (κ1) is 17.1. The van der Waals surface area contributed by atoms with Crippen molar-refractivity contribution in [2.45, 2.75) is 38.5 Å². The van der Waals surface area contributed by atoms with Crippen molar-refractivity contribution in [1.29, 1.82) is 0 Å². The molecule has 26 heavy (non-hydrogen) atoms. The minimum absolute atomic E-state index is 0.0333. The minimum atomic E-state index is -0.163. The number of hydrogen-bond donors (Lipinski definition) is 1. The van der Waals surface area contributed by atoms with Gasteiger partial charge in [-0.05, 0) is 38.0 Å². The van der Waals surface area contributed by atoms with Crippen LogP contribution in [-0.4, -0.2) is 25.7 Å². The molecule has 134 valence electrons. The number of benzene rings is 2. The zero-order valence-corrected chi connectivity index (χ0v) is 15.4. The van der Waals surface area contributed by atoms with E-state index in [1.54, 1.807) is 6.07 Å². The number of nitrogens with zero attached hydrogens (tertiary/aromatic N) is 3. The average molecular weight is 368 g/mol. The van der Waals surface area contributed by atoms with Gasteiger partial charge in [0.1, 0.15) is 5.82 Å². The highest BCUT2D eigenvalue weighted by Gasteiger charge is 2.34. The fourth-order valence-electron chi connectivity index (χ4n) is 3.29. The molecule has 3 aromatic rings. The highest BCUT2D eigenvalue weighted by Crippen LogP contribution is 2.35. The van der Waals surface area contributed by atoms with Crippen molar-refractivity contribution in [1.82, 2.24) is 19.7 Å². The Morgan fingerprint density at radius 2 is 1.88 bits per heavy atom. The zero-order chi connectivity index (χ0) is 18.1. The molecule has 1 aromatic heterocycles. The monoisotopic (exact) mass is 368 g/mol. The summed E-state index contributed by atoms with van der Waals surface area (Å²) in [5.41, 5.74) is 1.71. The first-order valence-electron chi connectivity index (χ1n) is 8.86. The van der Waals surface area contributed by atoms with Gasteiger partial charge in [0.15, 0.2) is 5.82 Å². The van der Waals surface area contributed by atoms with Crippen LogP contribution < -0.4 is 0 Å². The van der Waals surface area contributed by atoms with E-state index in [0.717, 1.165) is 24.2 Å². The van der Waals surface area contributed by atoms with Crippen molar-refractivity contribution in [3.63, 3.8) is 0 Å². The molecule has 1 saturated carbocycles. The molecule has 1 N–H and O–H groups in total. The van der Waals surface area contributed by atoms with Crippen LogP contribution in [0.3, 0.4) is 0 Å². The van der Waals surface area contributed by atoms with E-state index in [1.807, 2.05) is 47.1 Å². The third kappa shape index (κ3) is 3.48. The second-order valence-corrected chi connectivity index (χ2v) is 7.10. The maximum Gasteiger partial charge on any atom is 0.217 e. The summed E-state index contributed by atoms with van der Waals surface area (Å²) in [6.07, 6.45) is 2.26. The van der Waals surface area contributed by atoms with E-state index in [0.29, 0.717) is 23.0 Å². The summed E-state index contributed by atoms with van der Waals surface area (Å²) in [5.74, 6) is 0.591. The van der Waals surface area contributed by atoms with E-state index in [9.17, 15) is 4.39 Å². The van der Waals surface area contributed by atoms with Crippen LogP contribution in [0.4, 0.5) is 4.39 Å². The third-order valence-corrected chi connectivity index (χ3v) is 5.21. The van der Waals surface area contributed by atoms with Crippen LogP contribution in [-0.2, 0) is 6.67 Å². The molecular formula is C20H21FN4S. The summed E-state index contributed by atoms with van der Waals surface area (Å²) in [5, 5.41) is 3.30. The van der Waals surface area contributed by atoms with Crippen LogP contribution in [0.1, 0.15) is 31.4 Å². The van der Waals surface area contributed by atoms with Gasteiger partial charge in [-0.2, -0.15) is 4.98 Å². The number of halogens is 1. The number of aromatic amines is 1. The van der Waals surface area contributed by atoms with E-state index < -0.39 is 0 Å². The molecule has 1 heterocycles. The molecule has 1 atom stereocenters. The first-order chi connectivity index (χ1) is 12.6. The Bertz CT molecular complexity index is 946. The molecule has 1 aliphatic carbocycles. The van der Waals surface area contributed by atoms with Gasteiger partial charge in [0.2, 0.25) is 4.77 Å². The zero-order valence-electron chi connectivity index (χ0n) is 14.6. The van der Waals surface area contributed by atoms with E-state index in [-0.39, 0.29) is 11.9 Å². The van der Waals surface area contributed by atoms with Gasteiger partial charge >= 0.3 is 0 Å². The van der Waals surface area contributed by atoms with Crippen molar-refractivity contribution in [3.8, 4) is 11.4 Å². The topological polar surface area (TPSA) is 36.9 Å². The molecule has 0 bridgehead atoms.